The van der Waals surface area contributed by atoms with Crippen LogP contribution in [0, 0.1) is 0 Å². The van der Waals surface area contributed by atoms with Gasteiger partial charge in [-0.3, -0.25) is 0 Å². The summed E-state index contributed by atoms with van der Waals surface area (Å²) >= 11 is 1.67. The van der Waals surface area contributed by atoms with Crippen LogP contribution in [0.4, 0.5) is 16.4 Å². The van der Waals surface area contributed by atoms with Gasteiger partial charge in [-0.2, -0.15) is 0 Å². The van der Waals surface area contributed by atoms with E-state index in [1.807, 2.05) is 37.2 Å². The van der Waals surface area contributed by atoms with Crippen molar-refractivity contribution in [2.24, 2.45) is 0 Å². The number of nitrogens with zero attached hydrogens (tertiary/aromatic N) is 2. The molecule has 0 spiro atoms. The number of hydrogen-bond acceptors (Lipinski definition) is 6. The van der Waals surface area contributed by atoms with Crippen molar-refractivity contribution in [3.63, 3.8) is 0 Å². The average Bonchev–Trinajstić information content (AvgIpc) is 2.97. The van der Waals surface area contributed by atoms with Gasteiger partial charge >= 0.3 is 0 Å². The standard InChI is InChI=1S/C16H23N3O2S/c1-18(2)16-9-12(11-22-16)14-10-13(3-4-15(14)17)19(5-7-20)6-8-21/h3-4,9-11,20-21H,5-8,17H2,1-2H3. The van der Waals surface area contributed by atoms with Crippen molar-refractivity contribution in [2.75, 3.05) is 55.9 Å². The van der Waals surface area contributed by atoms with Gasteiger partial charge < -0.3 is 25.7 Å². The minimum absolute atomic E-state index is 0.0446. The topological polar surface area (TPSA) is 73.0 Å². The van der Waals surface area contributed by atoms with Crippen molar-refractivity contribution in [1.29, 1.82) is 0 Å². The second kappa shape index (κ2) is 7.49. The molecular weight excluding hydrogens is 298 g/mol. The third-order valence-electron chi connectivity index (χ3n) is 3.48. The molecule has 1 aromatic carbocycles. The minimum atomic E-state index is 0.0446. The Morgan fingerprint density at radius 2 is 1.77 bits per heavy atom. The Balaban J connectivity index is 2.36. The Kier molecular flexibility index (Phi) is 5.65. The fourth-order valence-corrected chi connectivity index (χ4v) is 3.15. The van der Waals surface area contributed by atoms with Crippen molar-refractivity contribution in [2.45, 2.75) is 0 Å². The minimum Gasteiger partial charge on any atom is -0.398 e. The summed E-state index contributed by atoms with van der Waals surface area (Å²) in [7, 11) is 4.03. The molecule has 0 fully saturated rings. The molecule has 120 valence electrons. The van der Waals surface area contributed by atoms with Crippen LogP contribution in [0.3, 0.4) is 0 Å². The van der Waals surface area contributed by atoms with Gasteiger partial charge in [-0.05, 0) is 29.8 Å². The molecule has 2 aromatic rings. The third-order valence-corrected chi connectivity index (χ3v) is 4.58. The summed E-state index contributed by atoms with van der Waals surface area (Å²) in [5, 5.41) is 21.6. The van der Waals surface area contributed by atoms with Crippen LogP contribution in [0.2, 0.25) is 0 Å². The van der Waals surface area contributed by atoms with Crippen LogP contribution in [0.15, 0.2) is 29.6 Å². The average molecular weight is 321 g/mol. The fraction of sp³-hybridized carbons (Fsp3) is 0.375. The molecule has 1 aromatic heterocycles. The molecule has 6 heteroatoms. The highest BCUT2D eigenvalue weighted by molar-refractivity contribution is 7.14. The molecule has 0 bridgehead atoms. The van der Waals surface area contributed by atoms with Gasteiger partial charge in [0, 0.05) is 49.5 Å². The molecule has 0 amide bonds. The molecule has 22 heavy (non-hydrogen) atoms. The number of hydrogen-bond donors (Lipinski definition) is 3. The Morgan fingerprint density at radius 1 is 1.09 bits per heavy atom. The summed E-state index contributed by atoms with van der Waals surface area (Å²) in [5.41, 5.74) is 9.86. The predicted molar refractivity (Wildman–Crippen MR) is 94.9 cm³/mol. The SMILES string of the molecule is CN(C)c1cc(-c2cc(N(CCO)CCO)ccc2N)cs1. The van der Waals surface area contributed by atoms with E-state index in [0.717, 1.165) is 22.5 Å². The van der Waals surface area contributed by atoms with E-state index in [0.29, 0.717) is 13.1 Å². The molecular formula is C16H23N3O2S. The molecule has 0 aliphatic heterocycles. The van der Waals surface area contributed by atoms with E-state index in [-0.39, 0.29) is 13.2 Å². The highest BCUT2D eigenvalue weighted by atomic mass is 32.1. The number of thiophene rings is 1. The van der Waals surface area contributed by atoms with E-state index < -0.39 is 0 Å². The lowest BCUT2D eigenvalue weighted by molar-refractivity contribution is 0.281. The van der Waals surface area contributed by atoms with E-state index in [2.05, 4.69) is 16.3 Å². The normalized spacial score (nSPS) is 10.7. The summed E-state index contributed by atoms with van der Waals surface area (Å²) in [6.07, 6.45) is 0. The van der Waals surface area contributed by atoms with E-state index in [1.54, 1.807) is 11.3 Å². The van der Waals surface area contributed by atoms with E-state index in [4.69, 9.17) is 5.73 Å². The molecule has 0 unspecified atom stereocenters. The summed E-state index contributed by atoms with van der Waals surface area (Å²) in [6, 6.07) is 7.92. The first kappa shape index (κ1) is 16.6. The molecule has 0 aliphatic rings. The molecule has 0 atom stereocenters. The van der Waals surface area contributed by atoms with Crippen LogP contribution in [-0.4, -0.2) is 50.6 Å². The zero-order valence-electron chi connectivity index (χ0n) is 13.0. The summed E-state index contributed by atoms with van der Waals surface area (Å²) in [6.45, 7) is 1.05. The highest BCUT2D eigenvalue weighted by Crippen LogP contribution is 2.35. The first-order chi connectivity index (χ1) is 10.6. The van der Waals surface area contributed by atoms with E-state index in [9.17, 15) is 10.2 Å². The second-order valence-corrected chi connectivity index (χ2v) is 6.16. The van der Waals surface area contributed by atoms with Gasteiger partial charge in [-0.15, -0.1) is 11.3 Å². The fourth-order valence-electron chi connectivity index (χ4n) is 2.30. The lowest BCUT2D eigenvalue weighted by atomic mass is 10.1. The van der Waals surface area contributed by atoms with Crippen molar-refractivity contribution in [1.82, 2.24) is 0 Å². The molecule has 0 saturated carbocycles. The molecule has 0 radical (unpaired) electrons. The van der Waals surface area contributed by atoms with Gasteiger partial charge in [-0.1, -0.05) is 0 Å². The lowest BCUT2D eigenvalue weighted by Gasteiger charge is -2.24. The van der Waals surface area contributed by atoms with Crippen LogP contribution in [0.1, 0.15) is 0 Å². The van der Waals surface area contributed by atoms with Crippen molar-refractivity contribution in [3.8, 4) is 11.1 Å². The number of aliphatic hydroxyl groups is 2. The van der Waals surface area contributed by atoms with Gasteiger partial charge in [0.05, 0.1) is 18.2 Å². The molecule has 4 N–H and O–H groups in total. The van der Waals surface area contributed by atoms with Crippen molar-refractivity contribution in [3.05, 3.63) is 29.6 Å². The van der Waals surface area contributed by atoms with Crippen LogP contribution in [0.25, 0.3) is 11.1 Å². The van der Waals surface area contributed by atoms with Gasteiger partial charge in [0.2, 0.25) is 0 Å². The number of aliphatic hydroxyl groups excluding tert-OH is 2. The smallest absolute Gasteiger partial charge is 0.0909 e. The molecule has 0 aliphatic carbocycles. The number of nitrogens with two attached hydrogens (primary N) is 1. The number of anilines is 3. The summed E-state index contributed by atoms with van der Waals surface area (Å²) in [4.78, 5) is 4.01. The van der Waals surface area contributed by atoms with Crippen LogP contribution in [-0.2, 0) is 0 Å². The molecule has 5 nitrogen and oxygen atoms in total. The van der Waals surface area contributed by atoms with Gasteiger partial charge in [-0.25, -0.2) is 0 Å². The van der Waals surface area contributed by atoms with Gasteiger partial charge in [0.25, 0.3) is 0 Å². The zero-order chi connectivity index (χ0) is 16.1. The Labute approximate surface area is 135 Å². The first-order valence-corrected chi connectivity index (χ1v) is 8.07. The highest BCUT2D eigenvalue weighted by Gasteiger charge is 2.11. The number of rotatable bonds is 7. The van der Waals surface area contributed by atoms with Crippen LogP contribution < -0.4 is 15.5 Å². The predicted octanol–water partition coefficient (Wildman–Crippen LogP) is 1.85. The Hall–Kier alpha value is -1.76. The number of benzene rings is 1. The van der Waals surface area contributed by atoms with E-state index >= 15 is 0 Å². The first-order valence-electron chi connectivity index (χ1n) is 7.19. The molecule has 0 saturated heterocycles. The van der Waals surface area contributed by atoms with Crippen molar-refractivity contribution < 1.29 is 10.2 Å². The van der Waals surface area contributed by atoms with Gasteiger partial charge in [0.15, 0.2) is 0 Å². The lowest BCUT2D eigenvalue weighted by Crippen LogP contribution is -2.29. The summed E-state index contributed by atoms with van der Waals surface area (Å²) in [5.74, 6) is 0. The van der Waals surface area contributed by atoms with Crippen molar-refractivity contribution >= 4 is 27.7 Å². The van der Waals surface area contributed by atoms with Crippen LogP contribution in [0.5, 0.6) is 0 Å². The van der Waals surface area contributed by atoms with E-state index in [1.165, 1.54) is 5.00 Å². The largest absolute Gasteiger partial charge is 0.398 e. The maximum absolute atomic E-state index is 9.18. The second-order valence-electron chi connectivity index (χ2n) is 5.27. The van der Waals surface area contributed by atoms with Crippen LogP contribution >= 0.6 is 11.3 Å². The maximum atomic E-state index is 9.18. The Bertz CT molecular complexity index is 607. The molecule has 2 rings (SSSR count). The quantitative estimate of drug-likeness (QED) is 0.679. The molecule has 1 heterocycles. The monoisotopic (exact) mass is 321 g/mol. The Morgan fingerprint density at radius 3 is 2.32 bits per heavy atom. The zero-order valence-corrected chi connectivity index (χ0v) is 13.8. The third kappa shape index (κ3) is 3.71. The van der Waals surface area contributed by atoms with Gasteiger partial charge in [0.1, 0.15) is 0 Å². The number of nitrogen functional groups attached to an aromatic ring is 1. The summed E-state index contributed by atoms with van der Waals surface area (Å²) < 4.78 is 0. The maximum Gasteiger partial charge on any atom is 0.0909 e.